The number of nitro benzene ring substituents is 1. The molecule has 0 saturated heterocycles. The number of rotatable bonds is 4. The van der Waals surface area contributed by atoms with Gasteiger partial charge in [0.05, 0.1) is 11.1 Å². The van der Waals surface area contributed by atoms with Crippen LogP contribution in [0, 0.1) is 10.1 Å². The zero-order chi connectivity index (χ0) is 16.8. The van der Waals surface area contributed by atoms with Gasteiger partial charge in [-0.2, -0.15) is 5.10 Å². The highest BCUT2D eigenvalue weighted by molar-refractivity contribution is 7.80. The first kappa shape index (κ1) is 17.4. The van der Waals surface area contributed by atoms with E-state index in [1.165, 1.54) is 31.5 Å². The van der Waals surface area contributed by atoms with Gasteiger partial charge in [0, 0.05) is 22.7 Å². The molecule has 0 amide bonds. The van der Waals surface area contributed by atoms with Crippen LogP contribution in [0.1, 0.15) is 37.7 Å². The number of thiocarbonyl (C=S) groups is 1. The minimum Gasteiger partial charge on any atom is -0.502 e. The Bertz CT molecular complexity index is 633. The van der Waals surface area contributed by atoms with Gasteiger partial charge in [0.1, 0.15) is 0 Å². The summed E-state index contributed by atoms with van der Waals surface area (Å²) in [6.45, 7) is 0. The number of hydrogen-bond donors (Lipinski definition) is 3. The van der Waals surface area contributed by atoms with Gasteiger partial charge in [-0.05, 0) is 31.1 Å². The average Bonchev–Trinajstić information content (AvgIpc) is 2.51. The lowest BCUT2D eigenvalue weighted by Crippen LogP contribution is -2.40. The number of benzene rings is 1. The second-order valence-electron chi connectivity index (χ2n) is 5.30. The molecule has 0 heterocycles. The Labute approximate surface area is 143 Å². The Hall–Kier alpha value is -1.93. The number of phenols is 1. The summed E-state index contributed by atoms with van der Waals surface area (Å²) in [5, 5.41) is 28.2. The van der Waals surface area contributed by atoms with E-state index in [2.05, 4.69) is 15.8 Å². The molecule has 1 saturated carbocycles. The standard InChI is InChI=1S/C14H17ClN4O3S/c15-10-6-9(13(20)12(7-10)19(21)22)8-16-18-14(23)17-11-4-2-1-3-5-11/h6-8,11,20H,1-5H2,(H2,17,18,23)/b16-8-. The van der Waals surface area contributed by atoms with Crippen LogP contribution in [0.3, 0.4) is 0 Å². The zero-order valence-electron chi connectivity index (χ0n) is 12.3. The monoisotopic (exact) mass is 356 g/mol. The fraction of sp³-hybridized carbons (Fsp3) is 0.429. The molecule has 3 N–H and O–H groups in total. The van der Waals surface area contributed by atoms with Crippen molar-refractivity contribution in [1.29, 1.82) is 0 Å². The van der Waals surface area contributed by atoms with E-state index in [-0.39, 0.29) is 10.6 Å². The quantitative estimate of drug-likeness (QED) is 0.332. The van der Waals surface area contributed by atoms with E-state index < -0.39 is 16.4 Å². The SMILES string of the molecule is O=[N+]([O-])c1cc(Cl)cc(/C=N\NC(=S)NC2CCCCC2)c1O. The smallest absolute Gasteiger partial charge is 0.312 e. The molecule has 0 radical (unpaired) electrons. The lowest BCUT2D eigenvalue weighted by atomic mass is 9.96. The van der Waals surface area contributed by atoms with Gasteiger partial charge in [0.2, 0.25) is 5.75 Å². The Morgan fingerprint density at radius 1 is 1.43 bits per heavy atom. The van der Waals surface area contributed by atoms with E-state index >= 15 is 0 Å². The van der Waals surface area contributed by atoms with Gasteiger partial charge in [0.15, 0.2) is 5.11 Å². The first-order valence-corrected chi connectivity index (χ1v) is 8.02. The van der Waals surface area contributed by atoms with Crippen molar-refractivity contribution < 1.29 is 10.0 Å². The van der Waals surface area contributed by atoms with E-state index in [9.17, 15) is 15.2 Å². The minimum absolute atomic E-state index is 0.136. The Kier molecular flexibility index (Phi) is 6.12. The summed E-state index contributed by atoms with van der Waals surface area (Å²) in [6.07, 6.45) is 7.01. The average molecular weight is 357 g/mol. The van der Waals surface area contributed by atoms with Gasteiger partial charge >= 0.3 is 5.69 Å². The fourth-order valence-electron chi connectivity index (χ4n) is 2.47. The molecular weight excluding hydrogens is 340 g/mol. The molecule has 7 nitrogen and oxygen atoms in total. The highest BCUT2D eigenvalue weighted by atomic mass is 35.5. The van der Waals surface area contributed by atoms with Crippen LogP contribution in [-0.2, 0) is 0 Å². The van der Waals surface area contributed by atoms with Gasteiger partial charge in [-0.15, -0.1) is 0 Å². The second kappa shape index (κ2) is 8.07. The molecule has 1 aliphatic carbocycles. The van der Waals surface area contributed by atoms with Crippen molar-refractivity contribution >= 4 is 40.8 Å². The first-order valence-electron chi connectivity index (χ1n) is 7.24. The number of halogens is 1. The van der Waals surface area contributed by atoms with Crippen molar-refractivity contribution in [3.63, 3.8) is 0 Å². The summed E-state index contributed by atoms with van der Waals surface area (Å²) in [4.78, 5) is 10.1. The number of nitrogens with one attached hydrogen (secondary N) is 2. The molecule has 0 aliphatic heterocycles. The van der Waals surface area contributed by atoms with Crippen molar-refractivity contribution in [2.75, 3.05) is 0 Å². The number of hydrogen-bond acceptors (Lipinski definition) is 5. The first-order chi connectivity index (χ1) is 11.0. The van der Waals surface area contributed by atoms with Crippen LogP contribution in [0.15, 0.2) is 17.2 Å². The maximum Gasteiger partial charge on any atom is 0.312 e. The third-order valence-corrected chi connectivity index (χ3v) is 4.02. The summed E-state index contributed by atoms with van der Waals surface area (Å²) in [5.74, 6) is -0.490. The molecule has 0 spiro atoms. The molecule has 0 aromatic heterocycles. The predicted octanol–water partition coefficient (Wildman–Crippen LogP) is 3.08. The highest BCUT2D eigenvalue weighted by Gasteiger charge is 2.18. The van der Waals surface area contributed by atoms with E-state index in [0.717, 1.165) is 18.9 Å². The van der Waals surface area contributed by atoms with E-state index in [1.807, 2.05) is 0 Å². The molecule has 9 heteroatoms. The van der Waals surface area contributed by atoms with E-state index in [1.54, 1.807) is 0 Å². The summed E-state index contributed by atoms with van der Waals surface area (Å²) in [5.41, 5.74) is 2.31. The predicted molar refractivity (Wildman–Crippen MR) is 93.1 cm³/mol. The summed E-state index contributed by atoms with van der Waals surface area (Å²) in [6, 6.07) is 2.81. The third-order valence-electron chi connectivity index (χ3n) is 3.59. The third kappa shape index (κ3) is 5.04. The number of nitrogens with zero attached hydrogens (tertiary/aromatic N) is 2. The second-order valence-corrected chi connectivity index (χ2v) is 6.14. The van der Waals surface area contributed by atoms with Crippen molar-refractivity contribution in [2.45, 2.75) is 38.1 Å². The molecular formula is C14H17ClN4O3S. The van der Waals surface area contributed by atoms with E-state index in [0.29, 0.717) is 11.2 Å². The summed E-state index contributed by atoms with van der Waals surface area (Å²) < 4.78 is 0. The molecule has 124 valence electrons. The Balaban J connectivity index is 1.97. The van der Waals surface area contributed by atoms with Gasteiger partial charge < -0.3 is 10.4 Å². The van der Waals surface area contributed by atoms with Crippen molar-refractivity contribution in [3.8, 4) is 5.75 Å². The molecule has 2 rings (SSSR count). The van der Waals surface area contributed by atoms with Gasteiger partial charge in [-0.3, -0.25) is 15.5 Å². The van der Waals surface area contributed by atoms with Crippen molar-refractivity contribution in [3.05, 3.63) is 32.8 Å². The largest absolute Gasteiger partial charge is 0.502 e. The van der Waals surface area contributed by atoms with Crippen LogP contribution >= 0.6 is 23.8 Å². The highest BCUT2D eigenvalue weighted by Crippen LogP contribution is 2.32. The van der Waals surface area contributed by atoms with Crippen LogP contribution in [0.25, 0.3) is 0 Å². The van der Waals surface area contributed by atoms with Gasteiger partial charge in [-0.1, -0.05) is 30.9 Å². The molecule has 1 fully saturated rings. The van der Waals surface area contributed by atoms with Crippen LogP contribution in [0.2, 0.25) is 5.02 Å². The molecule has 0 unspecified atom stereocenters. The van der Waals surface area contributed by atoms with E-state index in [4.69, 9.17) is 23.8 Å². The topological polar surface area (TPSA) is 99.8 Å². The summed E-state index contributed by atoms with van der Waals surface area (Å²) in [7, 11) is 0. The van der Waals surface area contributed by atoms with Crippen LogP contribution in [0.4, 0.5) is 5.69 Å². The van der Waals surface area contributed by atoms with Crippen LogP contribution in [0.5, 0.6) is 5.75 Å². The minimum atomic E-state index is -0.707. The van der Waals surface area contributed by atoms with Crippen molar-refractivity contribution in [1.82, 2.24) is 10.7 Å². The maximum atomic E-state index is 10.8. The molecule has 0 atom stereocenters. The van der Waals surface area contributed by atoms with Crippen LogP contribution in [-0.4, -0.2) is 27.4 Å². The lowest BCUT2D eigenvalue weighted by molar-refractivity contribution is -0.385. The Morgan fingerprint density at radius 3 is 2.78 bits per heavy atom. The number of aromatic hydroxyl groups is 1. The lowest BCUT2D eigenvalue weighted by Gasteiger charge is -2.23. The number of hydrazone groups is 1. The van der Waals surface area contributed by atoms with Gasteiger partial charge in [-0.25, -0.2) is 0 Å². The maximum absolute atomic E-state index is 10.8. The number of phenolic OH excluding ortho intramolecular Hbond substituents is 1. The fourth-order valence-corrected chi connectivity index (χ4v) is 2.91. The normalized spacial score (nSPS) is 15.5. The molecule has 1 aromatic carbocycles. The Morgan fingerprint density at radius 2 is 2.13 bits per heavy atom. The molecule has 1 aliphatic rings. The number of nitro groups is 1. The molecule has 1 aromatic rings. The van der Waals surface area contributed by atoms with Crippen molar-refractivity contribution in [2.24, 2.45) is 5.10 Å². The van der Waals surface area contributed by atoms with Gasteiger partial charge in [0.25, 0.3) is 0 Å². The zero-order valence-corrected chi connectivity index (χ0v) is 13.9. The molecule has 23 heavy (non-hydrogen) atoms. The van der Waals surface area contributed by atoms with Crippen LogP contribution < -0.4 is 10.7 Å². The summed E-state index contributed by atoms with van der Waals surface area (Å²) >= 11 is 10.9. The molecule has 0 bridgehead atoms.